The molecule has 1 heterocycles. The normalized spacial score (nSPS) is 13.6. The first-order valence-corrected chi connectivity index (χ1v) is 9.43. The average molecular weight is 350 g/mol. The molecule has 0 aliphatic carbocycles. The van der Waals surface area contributed by atoms with Gasteiger partial charge in [-0.2, -0.15) is 0 Å². The molecule has 0 amide bonds. The molecular formula is C22H26N2O2. The van der Waals surface area contributed by atoms with Crippen molar-refractivity contribution in [1.82, 2.24) is 4.98 Å². The zero-order valence-corrected chi connectivity index (χ0v) is 15.4. The van der Waals surface area contributed by atoms with Crippen LogP contribution in [0.15, 0.2) is 54.6 Å². The third-order valence-electron chi connectivity index (χ3n) is 5.21. The summed E-state index contributed by atoms with van der Waals surface area (Å²) in [5.41, 5.74) is 4.22. The van der Waals surface area contributed by atoms with Crippen molar-refractivity contribution in [3.8, 4) is 11.3 Å². The van der Waals surface area contributed by atoms with Crippen molar-refractivity contribution in [1.29, 1.82) is 0 Å². The van der Waals surface area contributed by atoms with Gasteiger partial charge in [-0.25, -0.2) is 0 Å². The number of nitrogens with one attached hydrogen (secondary N) is 1. The number of benzene rings is 2. The van der Waals surface area contributed by atoms with Gasteiger partial charge in [0.1, 0.15) is 0 Å². The molecule has 0 saturated carbocycles. The highest BCUT2D eigenvalue weighted by Gasteiger charge is 2.32. The molecule has 0 spiro atoms. The van der Waals surface area contributed by atoms with E-state index >= 15 is 0 Å². The molecule has 1 aromatic heterocycles. The van der Waals surface area contributed by atoms with Crippen LogP contribution in [0.5, 0.6) is 0 Å². The predicted octanol–water partition coefficient (Wildman–Crippen LogP) is 6.16. The number of aromatic amines is 1. The molecule has 0 aliphatic rings. The van der Waals surface area contributed by atoms with E-state index in [0.717, 1.165) is 53.4 Å². The summed E-state index contributed by atoms with van der Waals surface area (Å²) in [4.78, 5) is 15.0. The number of fused-ring (bicyclic) bond motifs is 1. The van der Waals surface area contributed by atoms with Crippen molar-refractivity contribution in [3.05, 3.63) is 70.3 Å². The van der Waals surface area contributed by atoms with Gasteiger partial charge in [0.15, 0.2) is 0 Å². The molecule has 3 aromatic rings. The molecule has 4 nitrogen and oxygen atoms in total. The molecule has 3 rings (SSSR count). The first-order chi connectivity index (χ1) is 12.6. The summed E-state index contributed by atoms with van der Waals surface area (Å²) in [7, 11) is 0. The number of para-hydroxylation sites is 1. The molecule has 1 N–H and O–H groups in total. The quantitative estimate of drug-likeness (QED) is 0.300. The number of H-pyrrole nitrogens is 1. The van der Waals surface area contributed by atoms with E-state index in [1.807, 2.05) is 36.4 Å². The monoisotopic (exact) mass is 350 g/mol. The lowest BCUT2D eigenvalue weighted by atomic mass is 9.84. The third-order valence-corrected chi connectivity index (χ3v) is 5.21. The molecule has 2 unspecified atom stereocenters. The van der Waals surface area contributed by atoms with Gasteiger partial charge in [0.2, 0.25) is 6.04 Å². The topological polar surface area (TPSA) is 58.9 Å². The molecule has 0 fully saturated rings. The number of nitro groups is 1. The Bertz CT molecular complexity index is 870. The Morgan fingerprint density at radius 2 is 1.73 bits per heavy atom. The van der Waals surface area contributed by atoms with Crippen LogP contribution >= 0.6 is 0 Å². The Kier molecular flexibility index (Phi) is 5.71. The molecule has 0 radical (unpaired) electrons. The maximum absolute atomic E-state index is 11.6. The number of nitrogens with zero attached hydrogens (tertiary/aromatic N) is 1. The van der Waals surface area contributed by atoms with Crippen LogP contribution in [0.2, 0.25) is 0 Å². The van der Waals surface area contributed by atoms with E-state index in [-0.39, 0.29) is 10.8 Å². The van der Waals surface area contributed by atoms with Crippen molar-refractivity contribution in [2.45, 2.75) is 51.5 Å². The van der Waals surface area contributed by atoms with Gasteiger partial charge in [-0.15, -0.1) is 0 Å². The van der Waals surface area contributed by atoms with E-state index in [0.29, 0.717) is 0 Å². The summed E-state index contributed by atoms with van der Waals surface area (Å²) < 4.78 is 0. The molecule has 26 heavy (non-hydrogen) atoms. The summed E-state index contributed by atoms with van der Waals surface area (Å²) in [5.74, 6) is -0.108. The van der Waals surface area contributed by atoms with E-state index in [2.05, 4.69) is 30.1 Å². The maximum atomic E-state index is 11.6. The number of aromatic nitrogens is 1. The number of hydrogen-bond donors (Lipinski definition) is 1. The van der Waals surface area contributed by atoms with E-state index in [9.17, 15) is 10.1 Å². The van der Waals surface area contributed by atoms with Crippen LogP contribution in [-0.4, -0.2) is 15.9 Å². The van der Waals surface area contributed by atoms with Gasteiger partial charge in [-0.3, -0.25) is 10.1 Å². The van der Waals surface area contributed by atoms with Gasteiger partial charge in [0.25, 0.3) is 0 Å². The Balaban J connectivity index is 2.16. The summed E-state index contributed by atoms with van der Waals surface area (Å²) in [5, 5.41) is 12.7. The number of rotatable bonds is 8. The fourth-order valence-corrected chi connectivity index (χ4v) is 3.77. The highest BCUT2D eigenvalue weighted by Crippen LogP contribution is 2.40. The zero-order chi connectivity index (χ0) is 18.5. The smallest absolute Gasteiger partial charge is 0.217 e. The molecule has 0 bridgehead atoms. The van der Waals surface area contributed by atoms with Crippen molar-refractivity contribution in [3.63, 3.8) is 0 Å². The van der Waals surface area contributed by atoms with Crippen LogP contribution in [0, 0.1) is 10.1 Å². The van der Waals surface area contributed by atoms with Crippen molar-refractivity contribution in [2.24, 2.45) is 0 Å². The largest absolute Gasteiger partial charge is 0.354 e. The van der Waals surface area contributed by atoms with Crippen LogP contribution in [0.3, 0.4) is 0 Å². The van der Waals surface area contributed by atoms with Crippen molar-refractivity contribution < 1.29 is 4.92 Å². The van der Waals surface area contributed by atoms with Crippen LogP contribution < -0.4 is 0 Å². The molecule has 2 aromatic carbocycles. The van der Waals surface area contributed by atoms with Crippen LogP contribution in [-0.2, 0) is 0 Å². The van der Waals surface area contributed by atoms with Gasteiger partial charge < -0.3 is 4.98 Å². The minimum atomic E-state index is -0.617. The lowest BCUT2D eigenvalue weighted by Gasteiger charge is -2.20. The highest BCUT2D eigenvalue weighted by molar-refractivity contribution is 5.91. The Morgan fingerprint density at radius 3 is 2.42 bits per heavy atom. The maximum Gasteiger partial charge on any atom is 0.217 e. The number of hydrogen-bond acceptors (Lipinski definition) is 2. The fourth-order valence-electron chi connectivity index (χ4n) is 3.77. The Morgan fingerprint density at radius 1 is 1.04 bits per heavy atom. The third kappa shape index (κ3) is 3.64. The minimum Gasteiger partial charge on any atom is -0.354 e. The second kappa shape index (κ2) is 8.17. The molecule has 2 atom stereocenters. The van der Waals surface area contributed by atoms with Crippen molar-refractivity contribution >= 4 is 10.9 Å². The SMILES string of the molecule is CCCCCC(c1c(-c2ccccc2)[nH]c2ccccc12)C(C)[N+](=O)[O-]. The van der Waals surface area contributed by atoms with Crippen LogP contribution in [0.25, 0.3) is 22.2 Å². The molecular weight excluding hydrogens is 324 g/mol. The van der Waals surface area contributed by atoms with E-state index in [1.54, 1.807) is 6.92 Å². The fraction of sp³-hybridized carbons (Fsp3) is 0.364. The molecule has 0 aliphatic heterocycles. The molecule has 136 valence electrons. The standard InChI is InChI=1S/C22H26N2O2/c1-3-4-6-13-18(16(2)24(25)26)21-19-14-9-10-15-20(19)23-22(21)17-11-7-5-8-12-17/h5,7-12,14-16,18,23H,3-4,6,13H2,1-2H3. The number of unbranched alkanes of at least 4 members (excludes halogenated alkanes) is 2. The van der Waals surface area contributed by atoms with Gasteiger partial charge in [0, 0.05) is 22.7 Å². The second-order valence-corrected chi connectivity index (χ2v) is 6.95. The first-order valence-electron chi connectivity index (χ1n) is 9.43. The minimum absolute atomic E-state index is 0.108. The summed E-state index contributed by atoms with van der Waals surface area (Å²) in [6.07, 6.45) is 4.05. The highest BCUT2D eigenvalue weighted by atomic mass is 16.6. The first kappa shape index (κ1) is 18.2. The Labute approximate surface area is 154 Å². The van der Waals surface area contributed by atoms with Gasteiger partial charge in [0.05, 0.1) is 11.6 Å². The van der Waals surface area contributed by atoms with E-state index in [4.69, 9.17) is 0 Å². The summed E-state index contributed by atoms with van der Waals surface area (Å²) in [6, 6.07) is 17.6. The molecule has 0 saturated heterocycles. The van der Waals surface area contributed by atoms with Crippen LogP contribution in [0.4, 0.5) is 0 Å². The Hall–Kier alpha value is -2.62. The lowest BCUT2D eigenvalue weighted by Crippen LogP contribution is -2.24. The summed E-state index contributed by atoms with van der Waals surface area (Å²) >= 11 is 0. The van der Waals surface area contributed by atoms with Crippen molar-refractivity contribution in [2.75, 3.05) is 0 Å². The lowest BCUT2D eigenvalue weighted by molar-refractivity contribution is -0.522. The predicted molar refractivity (Wildman–Crippen MR) is 107 cm³/mol. The zero-order valence-electron chi connectivity index (χ0n) is 15.4. The summed E-state index contributed by atoms with van der Waals surface area (Å²) in [6.45, 7) is 3.90. The van der Waals surface area contributed by atoms with E-state index < -0.39 is 6.04 Å². The second-order valence-electron chi connectivity index (χ2n) is 6.95. The van der Waals surface area contributed by atoms with Gasteiger partial charge in [-0.05, 0) is 23.6 Å². The van der Waals surface area contributed by atoms with E-state index in [1.165, 1.54) is 0 Å². The van der Waals surface area contributed by atoms with Gasteiger partial charge in [-0.1, -0.05) is 74.7 Å². The average Bonchev–Trinajstić information content (AvgIpc) is 3.05. The van der Waals surface area contributed by atoms with Crippen LogP contribution in [0.1, 0.15) is 51.0 Å². The molecule has 4 heteroatoms. The van der Waals surface area contributed by atoms with Gasteiger partial charge >= 0.3 is 0 Å².